The van der Waals surface area contributed by atoms with E-state index in [1.165, 1.54) is 4.88 Å². The summed E-state index contributed by atoms with van der Waals surface area (Å²) in [5.74, 6) is 0.755. The van der Waals surface area contributed by atoms with E-state index in [0.717, 1.165) is 34.4 Å². The first-order valence-corrected chi connectivity index (χ1v) is 8.95. The maximum atomic E-state index is 6.14. The van der Waals surface area contributed by atoms with Crippen LogP contribution in [-0.4, -0.2) is 4.98 Å². The van der Waals surface area contributed by atoms with Crippen LogP contribution in [0, 0.1) is 0 Å². The van der Waals surface area contributed by atoms with Crippen LogP contribution in [0.3, 0.4) is 0 Å². The number of hydrogen-bond donors (Lipinski definition) is 1. The number of pyridine rings is 1. The summed E-state index contributed by atoms with van der Waals surface area (Å²) < 4.78 is 6.77. The molecule has 3 nitrogen and oxygen atoms in total. The Balaban J connectivity index is 1.99. The summed E-state index contributed by atoms with van der Waals surface area (Å²) in [5, 5.41) is 5.87. The summed E-state index contributed by atoms with van der Waals surface area (Å²) in [4.78, 5) is 5.61. The number of thiophene rings is 1. The van der Waals surface area contributed by atoms with Gasteiger partial charge in [-0.25, -0.2) is 4.98 Å². The quantitative estimate of drug-likeness (QED) is 0.510. The molecule has 0 atom stereocenters. The molecule has 3 aromatic heterocycles. The first kappa shape index (κ1) is 15.6. The molecule has 0 amide bonds. The molecule has 0 aliphatic heterocycles. The number of rotatable bonds is 5. The predicted octanol–water partition coefficient (Wildman–Crippen LogP) is 6.34. The lowest BCUT2D eigenvalue weighted by Gasteiger charge is -2.05. The van der Waals surface area contributed by atoms with Gasteiger partial charge in [0.2, 0.25) is 0 Å². The van der Waals surface area contributed by atoms with Crippen molar-refractivity contribution in [3.05, 3.63) is 49.9 Å². The Morgan fingerprint density at radius 3 is 3.09 bits per heavy atom. The normalized spacial score (nSPS) is 11.6. The van der Waals surface area contributed by atoms with E-state index in [0.29, 0.717) is 10.7 Å². The molecule has 0 aliphatic rings. The average Bonchev–Trinajstić information content (AvgIpc) is 3.12. The fourth-order valence-electron chi connectivity index (χ4n) is 2.08. The first-order valence-electron chi connectivity index (χ1n) is 6.90. The van der Waals surface area contributed by atoms with Crippen molar-refractivity contribution in [1.82, 2.24) is 4.98 Å². The van der Waals surface area contributed by atoms with Crippen molar-refractivity contribution in [1.29, 1.82) is 0 Å². The van der Waals surface area contributed by atoms with Gasteiger partial charge < -0.3 is 9.73 Å². The van der Waals surface area contributed by atoms with Crippen LogP contribution in [0.4, 0.5) is 5.69 Å². The number of nitrogens with one attached hydrogen (secondary N) is 1. The highest BCUT2D eigenvalue weighted by molar-refractivity contribution is 9.10. The van der Waals surface area contributed by atoms with E-state index in [1.54, 1.807) is 17.4 Å². The van der Waals surface area contributed by atoms with Gasteiger partial charge in [0, 0.05) is 17.5 Å². The van der Waals surface area contributed by atoms with Crippen molar-refractivity contribution < 1.29 is 4.42 Å². The summed E-state index contributed by atoms with van der Waals surface area (Å²) in [7, 11) is 0. The van der Waals surface area contributed by atoms with Gasteiger partial charge in [0.25, 0.3) is 0 Å². The lowest BCUT2D eigenvalue weighted by molar-refractivity contribution is 0.602. The minimum Gasteiger partial charge on any atom is -0.452 e. The third-order valence-corrected chi connectivity index (χ3v) is 4.95. The fraction of sp³-hybridized carbons (Fsp3) is 0.188. The molecule has 1 N–H and O–H groups in total. The number of furan rings is 1. The van der Waals surface area contributed by atoms with Crippen LogP contribution in [0.1, 0.15) is 24.0 Å². The third kappa shape index (κ3) is 3.21. The molecule has 114 valence electrons. The second kappa shape index (κ2) is 6.86. The summed E-state index contributed by atoms with van der Waals surface area (Å²) in [6.45, 7) is 2.81. The molecule has 0 unspecified atom stereocenters. The average molecular weight is 398 g/mol. The van der Waals surface area contributed by atoms with Crippen molar-refractivity contribution >= 4 is 61.7 Å². The Morgan fingerprint density at radius 2 is 2.36 bits per heavy atom. The van der Waals surface area contributed by atoms with E-state index in [1.807, 2.05) is 18.2 Å². The topological polar surface area (TPSA) is 38.1 Å². The van der Waals surface area contributed by atoms with Crippen molar-refractivity contribution in [3.8, 4) is 0 Å². The highest BCUT2D eigenvalue weighted by Gasteiger charge is 2.16. The van der Waals surface area contributed by atoms with Gasteiger partial charge in [0.15, 0.2) is 5.58 Å². The summed E-state index contributed by atoms with van der Waals surface area (Å²) in [6.07, 6.45) is 4.94. The standard InChI is InChI=1S/C16H14BrClN2OS/c1-2-3-6-12-14(17)15-16(21-12)11(8-13(18)20-15)19-9-10-5-4-7-22-10/h3-8H,2,9H2,1H3,(H,19,20)/b6-3-. The molecule has 0 saturated carbocycles. The Hall–Kier alpha value is -1.30. The molecule has 3 aromatic rings. The van der Waals surface area contributed by atoms with Crippen LogP contribution in [0.2, 0.25) is 5.15 Å². The molecule has 6 heteroatoms. The van der Waals surface area contributed by atoms with Crippen molar-refractivity contribution in [2.24, 2.45) is 0 Å². The largest absolute Gasteiger partial charge is 0.452 e. The SMILES string of the molecule is CC/C=C\c1oc2c(NCc3cccs3)cc(Cl)nc2c1Br. The maximum Gasteiger partial charge on any atom is 0.177 e. The molecular formula is C16H14BrClN2OS. The van der Waals surface area contributed by atoms with Crippen LogP contribution in [0.25, 0.3) is 17.2 Å². The van der Waals surface area contributed by atoms with E-state index in [2.05, 4.69) is 44.6 Å². The van der Waals surface area contributed by atoms with E-state index >= 15 is 0 Å². The Morgan fingerprint density at radius 1 is 1.50 bits per heavy atom. The summed E-state index contributed by atoms with van der Waals surface area (Å²) in [6, 6.07) is 5.92. The fourth-order valence-corrected chi connectivity index (χ4v) is 3.40. The lowest BCUT2D eigenvalue weighted by Crippen LogP contribution is -1.98. The monoisotopic (exact) mass is 396 g/mol. The number of halogens is 2. The van der Waals surface area contributed by atoms with Gasteiger partial charge in [-0.3, -0.25) is 0 Å². The van der Waals surface area contributed by atoms with Crippen LogP contribution in [-0.2, 0) is 6.54 Å². The number of allylic oxidation sites excluding steroid dienone is 1. The minimum absolute atomic E-state index is 0.439. The van der Waals surface area contributed by atoms with Crippen molar-refractivity contribution in [2.75, 3.05) is 5.32 Å². The van der Waals surface area contributed by atoms with Gasteiger partial charge in [0.1, 0.15) is 16.4 Å². The van der Waals surface area contributed by atoms with Gasteiger partial charge >= 0.3 is 0 Å². The second-order valence-corrected chi connectivity index (χ2v) is 6.91. The lowest BCUT2D eigenvalue weighted by atomic mass is 10.3. The second-order valence-electron chi connectivity index (χ2n) is 4.69. The number of fused-ring (bicyclic) bond motifs is 1. The van der Waals surface area contributed by atoms with Crippen LogP contribution in [0.5, 0.6) is 0 Å². The molecule has 0 saturated heterocycles. The van der Waals surface area contributed by atoms with Gasteiger partial charge in [-0.2, -0.15) is 0 Å². The maximum absolute atomic E-state index is 6.14. The minimum atomic E-state index is 0.439. The zero-order chi connectivity index (χ0) is 15.5. The van der Waals surface area contributed by atoms with Gasteiger partial charge in [0.05, 0.1) is 10.2 Å². The van der Waals surface area contributed by atoms with Crippen LogP contribution < -0.4 is 5.32 Å². The van der Waals surface area contributed by atoms with E-state index < -0.39 is 0 Å². The van der Waals surface area contributed by atoms with Crippen LogP contribution >= 0.6 is 38.9 Å². The van der Waals surface area contributed by atoms with E-state index in [9.17, 15) is 0 Å². The predicted molar refractivity (Wildman–Crippen MR) is 97.7 cm³/mol. The van der Waals surface area contributed by atoms with Gasteiger partial charge in [-0.05, 0) is 39.9 Å². The number of anilines is 1. The first-order chi connectivity index (χ1) is 10.7. The number of hydrogen-bond acceptors (Lipinski definition) is 4. The number of aromatic nitrogens is 1. The third-order valence-electron chi connectivity index (χ3n) is 3.12. The van der Waals surface area contributed by atoms with Crippen molar-refractivity contribution in [3.63, 3.8) is 0 Å². The molecule has 0 aromatic carbocycles. The summed E-state index contributed by atoms with van der Waals surface area (Å²) in [5.41, 5.74) is 2.29. The van der Waals surface area contributed by atoms with E-state index in [4.69, 9.17) is 16.0 Å². The van der Waals surface area contributed by atoms with Gasteiger partial charge in [-0.1, -0.05) is 30.7 Å². The number of nitrogens with zero attached hydrogens (tertiary/aromatic N) is 1. The molecule has 22 heavy (non-hydrogen) atoms. The Bertz CT molecular complexity index is 811. The van der Waals surface area contributed by atoms with Gasteiger partial charge in [-0.15, -0.1) is 11.3 Å². The molecule has 3 heterocycles. The zero-order valence-electron chi connectivity index (χ0n) is 11.9. The molecule has 0 aliphatic carbocycles. The van der Waals surface area contributed by atoms with E-state index in [-0.39, 0.29) is 0 Å². The highest BCUT2D eigenvalue weighted by Crippen LogP contribution is 2.36. The highest BCUT2D eigenvalue weighted by atomic mass is 79.9. The zero-order valence-corrected chi connectivity index (χ0v) is 15.1. The molecular weight excluding hydrogens is 384 g/mol. The molecule has 0 radical (unpaired) electrons. The Kier molecular flexibility index (Phi) is 4.86. The molecule has 0 spiro atoms. The molecule has 0 fully saturated rings. The summed E-state index contributed by atoms with van der Waals surface area (Å²) >= 11 is 11.4. The Labute approximate surface area is 146 Å². The van der Waals surface area contributed by atoms with Crippen molar-refractivity contribution in [2.45, 2.75) is 19.9 Å². The van der Waals surface area contributed by atoms with Crippen LogP contribution in [0.15, 0.2) is 38.5 Å². The molecule has 0 bridgehead atoms. The molecule has 3 rings (SSSR count). The smallest absolute Gasteiger partial charge is 0.177 e.